The molecule has 1 N–H and O–H groups in total. The summed E-state index contributed by atoms with van der Waals surface area (Å²) in [6.07, 6.45) is 2.06. The molecule has 32 heavy (non-hydrogen) atoms. The van der Waals surface area contributed by atoms with Crippen LogP contribution in [0.3, 0.4) is 0 Å². The minimum Gasteiger partial charge on any atom is -0.445 e. The van der Waals surface area contributed by atoms with Gasteiger partial charge in [-0.25, -0.2) is 19.3 Å². The van der Waals surface area contributed by atoms with E-state index >= 15 is 0 Å². The zero-order chi connectivity index (χ0) is 22.5. The highest BCUT2D eigenvalue weighted by Crippen LogP contribution is 2.41. The van der Waals surface area contributed by atoms with Crippen molar-refractivity contribution in [1.82, 2.24) is 19.9 Å². The number of rotatable bonds is 4. The van der Waals surface area contributed by atoms with Crippen LogP contribution in [0.25, 0.3) is 11.5 Å². The molecule has 166 valence electrons. The first kappa shape index (κ1) is 20.4. The molecule has 0 spiro atoms. The van der Waals surface area contributed by atoms with Crippen molar-refractivity contribution in [2.45, 2.75) is 43.6 Å². The summed E-state index contributed by atoms with van der Waals surface area (Å²) in [7, 11) is 0. The number of benzene rings is 1. The number of nitrogens with zero attached hydrogens (tertiary/aromatic N) is 4. The Morgan fingerprint density at radius 3 is 2.69 bits per heavy atom. The fourth-order valence-corrected chi connectivity index (χ4v) is 4.57. The molecule has 3 atom stereocenters. The third-order valence-corrected chi connectivity index (χ3v) is 5.92. The lowest BCUT2D eigenvalue weighted by atomic mass is 9.95. The fourth-order valence-electron chi connectivity index (χ4n) is 4.57. The molecule has 0 aliphatic carbocycles. The van der Waals surface area contributed by atoms with Crippen molar-refractivity contribution in [2.24, 2.45) is 0 Å². The third-order valence-electron chi connectivity index (χ3n) is 5.92. The molecule has 2 aliphatic rings. The number of anilines is 1. The second-order valence-corrected chi connectivity index (χ2v) is 7.81. The van der Waals surface area contributed by atoms with Gasteiger partial charge in [0, 0.05) is 6.04 Å². The lowest BCUT2D eigenvalue weighted by Gasteiger charge is -2.26. The third kappa shape index (κ3) is 3.57. The van der Waals surface area contributed by atoms with Gasteiger partial charge in [-0.1, -0.05) is 0 Å². The van der Waals surface area contributed by atoms with E-state index in [4.69, 9.17) is 4.42 Å². The molecule has 2 aromatic heterocycles. The topological polar surface area (TPSA) is 84.2 Å². The molecule has 0 saturated carbocycles. The summed E-state index contributed by atoms with van der Waals surface area (Å²) < 4.78 is 57.4. The molecule has 1 aromatic carbocycles. The zero-order valence-corrected chi connectivity index (χ0v) is 16.5. The van der Waals surface area contributed by atoms with Gasteiger partial charge in [-0.05, 0) is 37.5 Å². The van der Waals surface area contributed by atoms with E-state index in [-0.39, 0.29) is 41.3 Å². The van der Waals surface area contributed by atoms with Crippen LogP contribution in [0.5, 0.6) is 0 Å². The van der Waals surface area contributed by atoms with Crippen LogP contribution >= 0.6 is 0 Å². The lowest BCUT2D eigenvalue weighted by Crippen LogP contribution is -2.40. The predicted molar refractivity (Wildman–Crippen MR) is 104 cm³/mol. The van der Waals surface area contributed by atoms with Gasteiger partial charge < -0.3 is 14.6 Å². The first-order chi connectivity index (χ1) is 15.3. The molecule has 2 bridgehead atoms. The Morgan fingerprint density at radius 2 is 2.00 bits per heavy atom. The molecular weight excluding hydrogens is 430 g/mol. The highest BCUT2D eigenvalue weighted by molar-refractivity contribution is 6.00. The minimum absolute atomic E-state index is 0.0758. The van der Waals surface area contributed by atoms with Gasteiger partial charge in [0.05, 0.1) is 41.8 Å². The average Bonchev–Trinajstić information content (AvgIpc) is 3.49. The van der Waals surface area contributed by atoms with E-state index in [2.05, 4.69) is 20.3 Å². The molecule has 1 amide bonds. The minimum atomic E-state index is -4.56. The quantitative estimate of drug-likeness (QED) is 0.605. The number of oxazole rings is 1. The largest absolute Gasteiger partial charge is 0.445 e. The summed E-state index contributed by atoms with van der Waals surface area (Å²) >= 11 is 0. The SMILES string of the molecule is O=C(c1cc(F)ccc1-c1ncco1)N1[C@@H]2CC[C@H]1[C@H](Nc1cnc(C(F)(F)F)cn1)C2. The Hall–Kier alpha value is -3.50. The van der Waals surface area contributed by atoms with Crippen LogP contribution in [0.15, 0.2) is 47.5 Å². The van der Waals surface area contributed by atoms with E-state index < -0.39 is 17.7 Å². The maximum absolute atomic E-state index is 14.0. The van der Waals surface area contributed by atoms with E-state index in [1.807, 2.05) is 0 Å². The Balaban J connectivity index is 1.38. The molecular formula is C21H17F4N5O2. The van der Waals surface area contributed by atoms with Crippen LogP contribution in [0.4, 0.5) is 23.4 Å². The van der Waals surface area contributed by atoms with Gasteiger partial charge >= 0.3 is 6.18 Å². The van der Waals surface area contributed by atoms with Crippen molar-refractivity contribution in [1.29, 1.82) is 0 Å². The van der Waals surface area contributed by atoms with Gasteiger partial charge in [0.1, 0.15) is 17.9 Å². The molecule has 0 unspecified atom stereocenters. The molecule has 7 nitrogen and oxygen atoms in total. The number of hydrogen-bond donors (Lipinski definition) is 1. The van der Waals surface area contributed by atoms with E-state index in [0.717, 1.165) is 12.6 Å². The number of alkyl halides is 3. The monoisotopic (exact) mass is 447 g/mol. The van der Waals surface area contributed by atoms with Crippen molar-refractivity contribution >= 4 is 11.7 Å². The van der Waals surface area contributed by atoms with Crippen molar-refractivity contribution in [3.8, 4) is 11.5 Å². The Morgan fingerprint density at radius 1 is 1.16 bits per heavy atom. The second kappa shape index (κ2) is 7.57. The smallest absolute Gasteiger partial charge is 0.434 e. The van der Waals surface area contributed by atoms with Crippen LogP contribution in [-0.2, 0) is 6.18 Å². The average molecular weight is 447 g/mol. The predicted octanol–water partition coefficient (Wildman–Crippen LogP) is 4.15. The number of halogens is 4. The summed E-state index contributed by atoms with van der Waals surface area (Å²) in [5.74, 6) is -0.471. The first-order valence-electron chi connectivity index (χ1n) is 9.99. The summed E-state index contributed by atoms with van der Waals surface area (Å²) in [5.41, 5.74) is -0.525. The highest BCUT2D eigenvalue weighted by atomic mass is 19.4. The number of carbonyl (C=O) groups is 1. The standard InChI is InChI=1S/C21H17F4N5O2/c22-11-1-3-13(19-26-5-6-32-19)14(7-11)20(31)30-12-2-4-16(30)15(8-12)29-18-10-27-17(9-28-18)21(23,24)25/h1,3,5-7,9-10,12,15-16H,2,4,8H2,(H,28,29)/t12-,15-,16+/m1/s1. The molecule has 2 aliphatic heterocycles. The highest BCUT2D eigenvalue weighted by Gasteiger charge is 2.49. The van der Waals surface area contributed by atoms with Gasteiger partial charge in [0.2, 0.25) is 5.89 Å². The Bertz CT molecular complexity index is 1130. The normalized spacial score (nSPS) is 22.4. The van der Waals surface area contributed by atoms with E-state index in [9.17, 15) is 22.4 Å². The Kier molecular flexibility index (Phi) is 4.83. The summed E-state index contributed by atoms with van der Waals surface area (Å²) in [5, 5.41) is 3.10. The molecule has 3 aromatic rings. The lowest BCUT2D eigenvalue weighted by molar-refractivity contribution is -0.141. The van der Waals surface area contributed by atoms with Gasteiger partial charge in [-0.15, -0.1) is 0 Å². The van der Waals surface area contributed by atoms with Crippen molar-refractivity contribution in [3.05, 3.63) is 60.1 Å². The summed E-state index contributed by atoms with van der Waals surface area (Å²) in [6.45, 7) is 0. The Labute approximate surface area is 179 Å². The maximum Gasteiger partial charge on any atom is 0.434 e. The molecule has 11 heteroatoms. The van der Waals surface area contributed by atoms with Crippen LogP contribution in [0.2, 0.25) is 0 Å². The first-order valence-corrected chi connectivity index (χ1v) is 9.99. The zero-order valence-electron chi connectivity index (χ0n) is 16.5. The molecule has 2 saturated heterocycles. The number of fused-ring (bicyclic) bond motifs is 2. The van der Waals surface area contributed by atoms with E-state index in [0.29, 0.717) is 24.6 Å². The molecule has 0 radical (unpaired) electrons. The number of aromatic nitrogens is 3. The van der Waals surface area contributed by atoms with Crippen molar-refractivity contribution in [2.75, 3.05) is 5.32 Å². The van der Waals surface area contributed by atoms with Crippen LogP contribution < -0.4 is 5.32 Å². The fraction of sp³-hybridized carbons (Fsp3) is 0.333. The van der Waals surface area contributed by atoms with Crippen molar-refractivity contribution in [3.63, 3.8) is 0 Å². The van der Waals surface area contributed by atoms with Crippen LogP contribution in [0.1, 0.15) is 35.3 Å². The van der Waals surface area contributed by atoms with Crippen LogP contribution in [0, 0.1) is 5.82 Å². The molecule has 4 heterocycles. The molecule has 2 fully saturated rings. The van der Waals surface area contributed by atoms with Gasteiger partial charge in [-0.3, -0.25) is 4.79 Å². The van der Waals surface area contributed by atoms with Gasteiger partial charge in [-0.2, -0.15) is 13.2 Å². The number of carbonyl (C=O) groups excluding carboxylic acids is 1. The summed E-state index contributed by atoms with van der Waals surface area (Å²) in [6, 6.07) is 3.37. The maximum atomic E-state index is 14.0. The van der Waals surface area contributed by atoms with Crippen molar-refractivity contribution < 1.29 is 26.8 Å². The number of amides is 1. The van der Waals surface area contributed by atoms with E-state index in [1.165, 1.54) is 30.7 Å². The van der Waals surface area contributed by atoms with E-state index in [1.54, 1.807) is 4.90 Å². The number of hydrogen-bond acceptors (Lipinski definition) is 6. The van der Waals surface area contributed by atoms with Crippen LogP contribution in [-0.4, -0.2) is 43.9 Å². The summed E-state index contributed by atoms with van der Waals surface area (Å²) in [4.78, 5) is 26.5. The van der Waals surface area contributed by atoms with Gasteiger partial charge in [0.15, 0.2) is 5.69 Å². The molecule has 5 rings (SSSR count). The second-order valence-electron chi connectivity index (χ2n) is 7.81. The van der Waals surface area contributed by atoms with Gasteiger partial charge in [0.25, 0.3) is 5.91 Å². The number of nitrogens with one attached hydrogen (secondary N) is 1.